The molecule has 0 atom stereocenters. The van der Waals surface area contributed by atoms with Gasteiger partial charge in [0.05, 0.1) is 11.3 Å². The molecule has 1 N–H and O–H groups in total. The van der Waals surface area contributed by atoms with Crippen LogP contribution in [-0.4, -0.2) is 4.98 Å². The van der Waals surface area contributed by atoms with E-state index in [1.165, 1.54) is 0 Å². The van der Waals surface area contributed by atoms with Crippen LogP contribution in [0.1, 0.15) is 11.1 Å². The number of hydrogen-bond acceptors (Lipinski definition) is 3. The monoisotopic (exact) mass is 209 g/mol. The van der Waals surface area contributed by atoms with Gasteiger partial charge in [0, 0.05) is 18.9 Å². The van der Waals surface area contributed by atoms with Crippen molar-refractivity contribution in [1.82, 2.24) is 4.98 Å². The lowest BCUT2D eigenvalue weighted by molar-refractivity contribution is 1.12. The fourth-order valence-corrected chi connectivity index (χ4v) is 1.43. The van der Waals surface area contributed by atoms with E-state index in [2.05, 4.69) is 16.4 Å². The van der Waals surface area contributed by atoms with E-state index in [9.17, 15) is 0 Å². The first kappa shape index (κ1) is 10.2. The summed E-state index contributed by atoms with van der Waals surface area (Å²) in [6, 6.07) is 13.5. The van der Waals surface area contributed by atoms with Crippen LogP contribution >= 0.6 is 0 Å². The van der Waals surface area contributed by atoms with Crippen LogP contribution in [0.3, 0.4) is 0 Å². The van der Waals surface area contributed by atoms with Gasteiger partial charge in [-0.15, -0.1) is 0 Å². The van der Waals surface area contributed by atoms with Crippen LogP contribution in [0.4, 0.5) is 5.69 Å². The standard InChI is InChI=1S/C13H11N3/c14-9-12-3-1-2-4-13(12)16-10-11-5-7-15-8-6-11/h1-8,16H,10H2. The van der Waals surface area contributed by atoms with Gasteiger partial charge in [-0.25, -0.2) is 0 Å². The van der Waals surface area contributed by atoms with Gasteiger partial charge in [0.25, 0.3) is 0 Å². The molecule has 0 aliphatic carbocycles. The number of benzene rings is 1. The molecule has 78 valence electrons. The molecule has 0 radical (unpaired) electrons. The van der Waals surface area contributed by atoms with Gasteiger partial charge < -0.3 is 5.32 Å². The van der Waals surface area contributed by atoms with Crippen molar-refractivity contribution in [2.24, 2.45) is 0 Å². The van der Waals surface area contributed by atoms with E-state index >= 15 is 0 Å². The fourth-order valence-electron chi connectivity index (χ4n) is 1.43. The topological polar surface area (TPSA) is 48.7 Å². The van der Waals surface area contributed by atoms with Crippen molar-refractivity contribution in [3.8, 4) is 6.07 Å². The second-order valence-electron chi connectivity index (χ2n) is 3.37. The van der Waals surface area contributed by atoms with Crippen molar-refractivity contribution in [3.05, 3.63) is 59.9 Å². The van der Waals surface area contributed by atoms with Gasteiger partial charge in [-0.05, 0) is 29.8 Å². The SMILES string of the molecule is N#Cc1ccccc1NCc1ccncc1. The molecule has 1 heterocycles. The maximum atomic E-state index is 8.92. The Hall–Kier alpha value is -2.34. The van der Waals surface area contributed by atoms with Crippen LogP contribution in [0.5, 0.6) is 0 Å². The molecule has 0 saturated carbocycles. The van der Waals surface area contributed by atoms with E-state index in [4.69, 9.17) is 5.26 Å². The van der Waals surface area contributed by atoms with Crippen molar-refractivity contribution < 1.29 is 0 Å². The van der Waals surface area contributed by atoms with Crippen LogP contribution < -0.4 is 5.32 Å². The van der Waals surface area contributed by atoms with Crippen molar-refractivity contribution in [2.45, 2.75) is 6.54 Å². The van der Waals surface area contributed by atoms with E-state index in [-0.39, 0.29) is 0 Å². The maximum Gasteiger partial charge on any atom is 0.101 e. The number of aromatic nitrogens is 1. The highest BCUT2D eigenvalue weighted by Gasteiger charge is 1.99. The Balaban J connectivity index is 2.09. The molecule has 0 amide bonds. The molecule has 0 saturated heterocycles. The highest BCUT2D eigenvalue weighted by atomic mass is 14.9. The molecule has 0 spiro atoms. The molecular weight excluding hydrogens is 198 g/mol. The summed E-state index contributed by atoms with van der Waals surface area (Å²) in [7, 11) is 0. The van der Waals surface area contributed by atoms with E-state index in [1.807, 2.05) is 30.3 Å². The summed E-state index contributed by atoms with van der Waals surface area (Å²) < 4.78 is 0. The number of nitrogens with zero attached hydrogens (tertiary/aromatic N) is 2. The van der Waals surface area contributed by atoms with Crippen LogP contribution in [0.15, 0.2) is 48.8 Å². The van der Waals surface area contributed by atoms with Gasteiger partial charge in [-0.1, -0.05) is 12.1 Å². The van der Waals surface area contributed by atoms with E-state index in [1.54, 1.807) is 18.5 Å². The highest BCUT2D eigenvalue weighted by molar-refractivity contribution is 5.57. The Labute approximate surface area is 94.4 Å². The first-order chi connectivity index (χ1) is 7.90. The Morgan fingerprint density at radius 1 is 1.12 bits per heavy atom. The lowest BCUT2D eigenvalue weighted by Crippen LogP contribution is -2.00. The van der Waals surface area contributed by atoms with Gasteiger partial charge in [0.15, 0.2) is 0 Å². The van der Waals surface area contributed by atoms with Gasteiger partial charge in [0.2, 0.25) is 0 Å². The van der Waals surface area contributed by atoms with Gasteiger partial charge in [-0.3, -0.25) is 4.98 Å². The molecular formula is C13H11N3. The third-order valence-corrected chi connectivity index (χ3v) is 2.28. The molecule has 0 bridgehead atoms. The van der Waals surface area contributed by atoms with Crippen LogP contribution in [0.25, 0.3) is 0 Å². The lowest BCUT2D eigenvalue weighted by Gasteiger charge is -2.07. The second kappa shape index (κ2) is 4.94. The molecule has 0 unspecified atom stereocenters. The first-order valence-electron chi connectivity index (χ1n) is 5.02. The number of pyridine rings is 1. The van der Waals surface area contributed by atoms with Gasteiger partial charge in [0.1, 0.15) is 6.07 Å². The maximum absolute atomic E-state index is 8.92. The van der Waals surface area contributed by atoms with E-state index in [0.29, 0.717) is 12.1 Å². The number of anilines is 1. The zero-order chi connectivity index (χ0) is 11.2. The summed E-state index contributed by atoms with van der Waals surface area (Å²) in [5, 5.41) is 12.1. The molecule has 0 aliphatic rings. The Bertz CT molecular complexity index is 500. The Kier molecular flexibility index (Phi) is 3.15. The second-order valence-corrected chi connectivity index (χ2v) is 3.37. The predicted molar refractivity (Wildman–Crippen MR) is 62.7 cm³/mol. The van der Waals surface area contributed by atoms with Crippen molar-refractivity contribution in [3.63, 3.8) is 0 Å². The highest BCUT2D eigenvalue weighted by Crippen LogP contribution is 2.14. The Morgan fingerprint density at radius 2 is 1.88 bits per heavy atom. The molecule has 0 fully saturated rings. The normalized spacial score (nSPS) is 9.44. The van der Waals surface area contributed by atoms with Gasteiger partial charge >= 0.3 is 0 Å². The molecule has 16 heavy (non-hydrogen) atoms. The van der Waals surface area contributed by atoms with Crippen LogP contribution in [-0.2, 0) is 6.54 Å². The van der Waals surface area contributed by atoms with E-state index in [0.717, 1.165) is 11.3 Å². The van der Waals surface area contributed by atoms with Crippen molar-refractivity contribution in [2.75, 3.05) is 5.32 Å². The minimum absolute atomic E-state index is 0.663. The van der Waals surface area contributed by atoms with Crippen molar-refractivity contribution in [1.29, 1.82) is 5.26 Å². The number of para-hydroxylation sites is 1. The summed E-state index contributed by atoms with van der Waals surface area (Å²) in [6.45, 7) is 0.696. The smallest absolute Gasteiger partial charge is 0.101 e. The number of hydrogen-bond donors (Lipinski definition) is 1. The minimum Gasteiger partial charge on any atom is -0.380 e. The number of nitriles is 1. The zero-order valence-corrected chi connectivity index (χ0v) is 8.72. The summed E-state index contributed by atoms with van der Waals surface area (Å²) in [6.07, 6.45) is 3.51. The molecule has 2 aromatic rings. The van der Waals surface area contributed by atoms with Crippen molar-refractivity contribution >= 4 is 5.69 Å². The molecule has 2 rings (SSSR count). The Morgan fingerprint density at radius 3 is 2.62 bits per heavy atom. The first-order valence-corrected chi connectivity index (χ1v) is 5.02. The third-order valence-electron chi connectivity index (χ3n) is 2.28. The molecule has 1 aromatic carbocycles. The summed E-state index contributed by atoms with van der Waals surface area (Å²) in [5.74, 6) is 0. The number of rotatable bonds is 3. The zero-order valence-electron chi connectivity index (χ0n) is 8.72. The largest absolute Gasteiger partial charge is 0.380 e. The molecule has 1 aromatic heterocycles. The summed E-state index contributed by atoms with van der Waals surface area (Å²) in [4.78, 5) is 3.95. The number of nitrogens with one attached hydrogen (secondary N) is 1. The quantitative estimate of drug-likeness (QED) is 0.845. The van der Waals surface area contributed by atoms with Crippen LogP contribution in [0, 0.1) is 11.3 Å². The molecule has 0 aliphatic heterocycles. The average Bonchev–Trinajstić information content (AvgIpc) is 2.38. The molecule has 3 nitrogen and oxygen atoms in total. The predicted octanol–water partition coefficient (Wildman–Crippen LogP) is 2.57. The molecule has 3 heteroatoms. The van der Waals surface area contributed by atoms with Crippen LogP contribution in [0.2, 0.25) is 0 Å². The fraction of sp³-hybridized carbons (Fsp3) is 0.0769. The lowest BCUT2D eigenvalue weighted by atomic mass is 10.2. The minimum atomic E-state index is 0.663. The van der Waals surface area contributed by atoms with E-state index < -0.39 is 0 Å². The summed E-state index contributed by atoms with van der Waals surface area (Å²) >= 11 is 0. The summed E-state index contributed by atoms with van der Waals surface area (Å²) in [5.41, 5.74) is 2.67. The third kappa shape index (κ3) is 2.37. The average molecular weight is 209 g/mol. The van der Waals surface area contributed by atoms with Gasteiger partial charge in [-0.2, -0.15) is 5.26 Å².